The van der Waals surface area contributed by atoms with Gasteiger partial charge in [0.25, 0.3) is 5.91 Å². The highest BCUT2D eigenvalue weighted by Crippen LogP contribution is 2.28. The number of aromatic nitrogens is 1. The van der Waals surface area contributed by atoms with Crippen LogP contribution < -0.4 is 21.5 Å². The fraction of sp³-hybridized carbons (Fsp3) is 0.300. The van der Waals surface area contributed by atoms with Gasteiger partial charge in [-0.15, -0.1) is 0 Å². The van der Waals surface area contributed by atoms with E-state index in [-0.39, 0.29) is 12.3 Å². The molecular formula is C10H12N4O3. The van der Waals surface area contributed by atoms with E-state index >= 15 is 0 Å². The zero-order valence-corrected chi connectivity index (χ0v) is 8.92. The van der Waals surface area contributed by atoms with E-state index < -0.39 is 18.1 Å². The van der Waals surface area contributed by atoms with E-state index in [9.17, 15) is 9.59 Å². The van der Waals surface area contributed by atoms with E-state index in [0.717, 1.165) is 0 Å². The van der Waals surface area contributed by atoms with Crippen LogP contribution in [0.2, 0.25) is 0 Å². The molecule has 2 amide bonds. The molecule has 7 heteroatoms. The Balaban J connectivity index is 2.12. The molecule has 2 heterocycles. The maximum absolute atomic E-state index is 11.6. The summed E-state index contributed by atoms with van der Waals surface area (Å²) in [4.78, 5) is 26.3. The van der Waals surface area contributed by atoms with Crippen LogP contribution in [0.4, 0.5) is 5.69 Å². The van der Waals surface area contributed by atoms with Crippen LogP contribution in [0.15, 0.2) is 18.5 Å². The number of nitrogens with zero attached hydrogens (tertiary/aromatic N) is 1. The number of rotatable bonds is 3. The summed E-state index contributed by atoms with van der Waals surface area (Å²) >= 11 is 0. The molecule has 1 aromatic rings. The molecule has 1 aliphatic rings. The summed E-state index contributed by atoms with van der Waals surface area (Å²) in [5, 5.41) is 2.62. The first-order valence-corrected chi connectivity index (χ1v) is 5.04. The lowest BCUT2D eigenvalue weighted by molar-refractivity contribution is -0.125. The Bertz CT molecular complexity index is 463. The smallest absolute Gasteiger partial charge is 0.265 e. The summed E-state index contributed by atoms with van der Waals surface area (Å²) in [6, 6.07) is 0.714. The number of ether oxygens (including phenoxy) is 1. The summed E-state index contributed by atoms with van der Waals surface area (Å²) < 4.78 is 5.43. The quantitative estimate of drug-likeness (QED) is 0.620. The Morgan fingerprint density at radius 2 is 2.41 bits per heavy atom. The topological polar surface area (TPSA) is 120 Å². The molecule has 17 heavy (non-hydrogen) atoms. The fourth-order valence-electron chi connectivity index (χ4n) is 1.50. The first kappa shape index (κ1) is 11.3. The lowest BCUT2D eigenvalue weighted by Crippen LogP contribution is -2.45. The largest absolute Gasteiger partial charge is 0.478 e. The van der Waals surface area contributed by atoms with Crippen molar-refractivity contribution in [1.29, 1.82) is 0 Å². The molecule has 0 aliphatic carbocycles. The highest BCUT2D eigenvalue weighted by molar-refractivity contribution is 5.98. The van der Waals surface area contributed by atoms with Crippen LogP contribution in [0.5, 0.6) is 5.75 Å². The Hall–Kier alpha value is -2.15. The van der Waals surface area contributed by atoms with Crippen LogP contribution in [-0.2, 0) is 9.59 Å². The third kappa shape index (κ3) is 2.34. The van der Waals surface area contributed by atoms with Crippen LogP contribution in [0, 0.1) is 0 Å². The number of carbonyl (C=O) groups is 2. The summed E-state index contributed by atoms with van der Waals surface area (Å²) in [7, 11) is 0. The molecule has 0 spiro atoms. The number of hydrogen-bond acceptors (Lipinski definition) is 5. The van der Waals surface area contributed by atoms with Crippen molar-refractivity contribution in [2.75, 3.05) is 5.32 Å². The second kappa shape index (κ2) is 4.38. The molecule has 0 saturated heterocycles. The van der Waals surface area contributed by atoms with Crippen LogP contribution in [-0.4, -0.2) is 28.9 Å². The molecule has 7 nitrogen and oxygen atoms in total. The number of nitrogens with one attached hydrogen (secondary N) is 1. The first-order valence-electron chi connectivity index (χ1n) is 5.04. The maximum Gasteiger partial charge on any atom is 0.265 e. The van der Waals surface area contributed by atoms with Gasteiger partial charge in [0.15, 0.2) is 6.10 Å². The molecule has 2 rings (SSSR count). The SMILES string of the molecule is NC(=O)[C@@H](N)C[C@@H]1Oc2ccncc2NC1=O. The molecule has 5 N–H and O–H groups in total. The minimum Gasteiger partial charge on any atom is -0.478 e. The second-order valence-corrected chi connectivity index (χ2v) is 3.71. The molecular weight excluding hydrogens is 224 g/mol. The molecule has 2 atom stereocenters. The van der Waals surface area contributed by atoms with E-state index in [0.29, 0.717) is 11.4 Å². The third-order valence-corrected chi connectivity index (χ3v) is 2.43. The Morgan fingerprint density at radius 1 is 1.65 bits per heavy atom. The number of hydrogen-bond donors (Lipinski definition) is 3. The normalized spacial score (nSPS) is 19.8. The molecule has 1 aliphatic heterocycles. The molecule has 0 fully saturated rings. The van der Waals surface area contributed by atoms with Gasteiger partial charge in [0.2, 0.25) is 5.91 Å². The molecule has 0 unspecified atom stereocenters. The molecule has 0 saturated carbocycles. The third-order valence-electron chi connectivity index (χ3n) is 2.43. The van der Waals surface area contributed by atoms with E-state index in [4.69, 9.17) is 16.2 Å². The van der Waals surface area contributed by atoms with Gasteiger partial charge in [0.05, 0.1) is 12.2 Å². The minimum atomic E-state index is -0.908. The van der Waals surface area contributed by atoms with E-state index in [1.165, 1.54) is 6.20 Å². The van der Waals surface area contributed by atoms with Gasteiger partial charge in [-0.25, -0.2) is 0 Å². The van der Waals surface area contributed by atoms with Gasteiger partial charge in [0, 0.05) is 18.7 Å². The number of fused-ring (bicyclic) bond motifs is 1. The zero-order chi connectivity index (χ0) is 12.4. The second-order valence-electron chi connectivity index (χ2n) is 3.71. The van der Waals surface area contributed by atoms with E-state index in [1.54, 1.807) is 12.3 Å². The molecule has 0 radical (unpaired) electrons. The lowest BCUT2D eigenvalue weighted by atomic mass is 10.1. The highest BCUT2D eigenvalue weighted by Gasteiger charge is 2.30. The van der Waals surface area contributed by atoms with E-state index in [2.05, 4.69) is 10.3 Å². The van der Waals surface area contributed by atoms with Crippen LogP contribution in [0.1, 0.15) is 6.42 Å². The maximum atomic E-state index is 11.6. The average molecular weight is 236 g/mol. The summed E-state index contributed by atoms with van der Waals surface area (Å²) in [5.41, 5.74) is 11.0. The van der Waals surface area contributed by atoms with Crippen LogP contribution in [0.25, 0.3) is 0 Å². The van der Waals surface area contributed by atoms with Crippen molar-refractivity contribution in [3.05, 3.63) is 18.5 Å². The molecule has 0 aromatic carbocycles. The highest BCUT2D eigenvalue weighted by atomic mass is 16.5. The van der Waals surface area contributed by atoms with Crippen molar-refractivity contribution < 1.29 is 14.3 Å². The van der Waals surface area contributed by atoms with Crippen molar-refractivity contribution >= 4 is 17.5 Å². The van der Waals surface area contributed by atoms with Gasteiger partial charge in [0.1, 0.15) is 11.4 Å². The van der Waals surface area contributed by atoms with Crippen molar-refractivity contribution in [3.8, 4) is 5.75 Å². The summed E-state index contributed by atoms with van der Waals surface area (Å²) in [6.07, 6.45) is 2.26. The zero-order valence-electron chi connectivity index (χ0n) is 8.92. The fourth-order valence-corrected chi connectivity index (χ4v) is 1.50. The Morgan fingerprint density at radius 3 is 3.12 bits per heavy atom. The van der Waals surface area contributed by atoms with Crippen LogP contribution >= 0.6 is 0 Å². The van der Waals surface area contributed by atoms with Gasteiger partial charge >= 0.3 is 0 Å². The van der Waals surface area contributed by atoms with Gasteiger partial charge in [-0.1, -0.05) is 0 Å². The molecule has 90 valence electrons. The Kier molecular flexibility index (Phi) is 2.92. The van der Waals surface area contributed by atoms with Crippen molar-refractivity contribution in [2.45, 2.75) is 18.6 Å². The standard InChI is InChI=1S/C10H12N4O3/c11-5(9(12)15)3-8-10(16)14-6-4-13-2-1-7(6)17-8/h1-2,4-5,8H,3,11H2,(H2,12,15)(H,14,16)/t5-,8-/m0/s1. The summed E-state index contributed by atoms with van der Waals surface area (Å²) in [5.74, 6) is -0.523. The number of nitrogens with two attached hydrogens (primary N) is 2. The number of primary amides is 1. The molecule has 0 bridgehead atoms. The number of carbonyl (C=O) groups excluding carboxylic acids is 2. The average Bonchev–Trinajstić information content (AvgIpc) is 2.29. The predicted octanol–water partition coefficient (Wildman–Crippen LogP) is -1.02. The number of anilines is 1. The monoisotopic (exact) mass is 236 g/mol. The molecule has 1 aromatic heterocycles. The van der Waals surface area contributed by atoms with Crippen LogP contribution in [0.3, 0.4) is 0 Å². The van der Waals surface area contributed by atoms with Gasteiger partial charge in [-0.05, 0) is 0 Å². The van der Waals surface area contributed by atoms with E-state index in [1.807, 2.05) is 0 Å². The van der Waals surface area contributed by atoms with Gasteiger partial charge < -0.3 is 21.5 Å². The van der Waals surface area contributed by atoms with Crippen molar-refractivity contribution in [2.24, 2.45) is 11.5 Å². The predicted molar refractivity (Wildman–Crippen MR) is 59.1 cm³/mol. The first-order chi connectivity index (χ1) is 8.08. The lowest BCUT2D eigenvalue weighted by Gasteiger charge is -2.26. The summed E-state index contributed by atoms with van der Waals surface area (Å²) in [6.45, 7) is 0. The van der Waals surface area contributed by atoms with Crippen molar-refractivity contribution in [3.63, 3.8) is 0 Å². The minimum absolute atomic E-state index is 0.0446. The Labute approximate surface area is 97.1 Å². The van der Waals surface area contributed by atoms with Gasteiger partial charge in [-0.2, -0.15) is 0 Å². The number of pyridine rings is 1. The number of amides is 2. The van der Waals surface area contributed by atoms with Gasteiger partial charge in [-0.3, -0.25) is 14.6 Å². The van der Waals surface area contributed by atoms with Crippen molar-refractivity contribution in [1.82, 2.24) is 4.98 Å².